The molecular formula is C23H18O5. The molecule has 0 radical (unpaired) electrons. The summed E-state index contributed by atoms with van der Waals surface area (Å²) < 4.78 is 0. The number of hydrogen-bond acceptors (Lipinski definition) is 4. The van der Waals surface area contributed by atoms with Crippen LogP contribution < -0.4 is 0 Å². The molecule has 5 nitrogen and oxygen atoms in total. The highest BCUT2D eigenvalue weighted by molar-refractivity contribution is 6.03. The molecule has 5 heteroatoms. The summed E-state index contributed by atoms with van der Waals surface area (Å²) in [4.78, 5) is 21.9. The second-order valence-electron chi connectivity index (χ2n) is 6.26. The number of phenolic OH excluding ortho intramolecular Hbond substituents is 1. The summed E-state index contributed by atoms with van der Waals surface area (Å²) in [5, 5.41) is 31.3. The smallest absolute Gasteiger partial charge is 0.339 e. The van der Waals surface area contributed by atoms with Crippen molar-refractivity contribution in [3.05, 3.63) is 83.9 Å². The molecule has 4 aromatic rings. The number of hydrogen-bond donors (Lipinski definition) is 3. The first kappa shape index (κ1) is 18.9. The van der Waals surface area contributed by atoms with Crippen LogP contribution in [0.5, 0.6) is 11.5 Å². The van der Waals surface area contributed by atoms with Crippen LogP contribution in [0.25, 0.3) is 21.5 Å². The van der Waals surface area contributed by atoms with E-state index in [1.165, 1.54) is 19.1 Å². The minimum absolute atomic E-state index is 0.0660. The monoisotopic (exact) mass is 374 g/mol. The van der Waals surface area contributed by atoms with E-state index in [2.05, 4.69) is 0 Å². The summed E-state index contributed by atoms with van der Waals surface area (Å²) in [6, 6.07) is 21.1. The number of carbonyl (C=O) groups excluding carboxylic acids is 1. The Morgan fingerprint density at radius 1 is 0.714 bits per heavy atom. The summed E-state index contributed by atoms with van der Waals surface area (Å²) in [6.45, 7) is 1.45. The van der Waals surface area contributed by atoms with E-state index in [-0.39, 0.29) is 22.8 Å². The van der Waals surface area contributed by atoms with E-state index in [1.807, 2.05) is 42.5 Å². The van der Waals surface area contributed by atoms with Crippen molar-refractivity contribution >= 4 is 33.3 Å². The van der Waals surface area contributed by atoms with E-state index in [9.17, 15) is 19.8 Å². The van der Waals surface area contributed by atoms with Gasteiger partial charge in [0.05, 0.1) is 5.56 Å². The first-order valence-corrected chi connectivity index (χ1v) is 8.55. The van der Waals surface area contributed by atoms with Crippen LogP contribution in [0.1, 0.15) is 27.6 Å². The van der Waals surface area contributed by atoms with Gasteiger partial charge in [-0.05, 0) is 41.3 Å². The molecular weight excluding hydrogens is 356 g/mol. The highest BCUT2D eigenvalue weighted by Crippen LogP contribution is 2.28. The highest BCUT2D eigenvalue weighted by atomic mass is 16.4. The quantitative estimate of drug-likeness (QED) is 0.430. The summed E-state index contributed by atoms with van der Waals surface area (Å²) in [7, 11) is 0. The SMILES string of the molecule is CC(=O)c1ccc2ccccc2c1O.O=C(O)c1cc2ccccc2cc1O. The summed E-state index contributed by atoms with van der Waals surface area (Å²) >= 11 is 0. The van der Waals surface area contributed by atoms with E-state index in [1.54, 1.807) is 18.2 Å². The number of Topliss-reactive ketones (excluding diaryl/α,β-unsaturated/α-hetero) is 1. The molecule has 0 atom stereocenters. The van der Waals surface area contributed by atoms with Crippen LogP contribution in [0, 0.1) is 0 Å². The fourth-order valence-corrected chi connectivity index (χ4v) is 2.94. The molecule has 0 aliphatic rings. The number of aromatic carboxylic acids is 1. The Hall–Kier alpha value is -3.86. The Balaban J connectivity index is 0.000000161. The predicted molar refractivity (Wildman–Crippen MR) is 108 cm³/mol. The van der Waals surface area contributed by atoms with Crippen molar-refractivity contribution in [3.63, 3.8) is 0 Å². The van der Waals surface area contributed by atoms with Crippen molar-refractivity contribution in [1.29, 1.82) is 0 Å². The number of carboxylic acid groups (broad SMARTS) is 1. The molecule has 0 bridgehead atoms. The number of fused-ring (bicyclic) bond motifs is 2. The van der Waals surface area contributed by atoms with Gasteiger partial charge in [-0.1, -0.05) is 54.6 Å². The van der Waals surface area contributed by atoms with Crippen molar-refractivity contribution in [2.45, 2.75) is 6.92 Å². The summed E-state index contributed by atoms with van der Waals surface area (Å²) in [5.74, 6) is -1.35. The number of benzene rings is 4. The average molecular weight is 374 g/mol. The van der Waals surface area contributed by atoms with E-state index in [0.29, 0.717) is 5.56 Å². The standard InChI is InChI=1S/C12H10O2.C11H8O3/c1-8(13)10-7-6-9-4-2-3-5-11(9)12(10)14;12-10-6-8-4-2-1-3-7(8)5-9(10)11(13)14/h2-7,14H,1H3;1-6,12H,(H,13,14). The van der Waals surface area contributed by atoms with E-state index in [4.69, 9.17) is 5.11 Å². The minimum Gasteiger partial charge on any atom is -0.507 e. The maximum atomic E-state index is 11.1. The van der Waals surface area contributed by atoms with Crippen LogP contribution in [0.4, 0.5) is 0 Å². The van der Waals surface area contributed by atoms with Crippen LogP contribution >= 0.6 is 0 Å². The molecule has 0 saturated heterocycles. The lowest BCUT2D eigenvalue weighted by atomic mass is 10.0. The number of rotatable bonds is 2. The van der Waals surface area contributed by atoms with Gasteiger partial charge < -0.3 is 15.3 Å². The molecule has 0 unspecified atom stereocenters. The van der Waals surface area contributed by atoms with Crippen molar-refractivity contribution < 1.29 is 24.9 Å². The fourth-order valence-electron chi connectivity index (χ4n) is 2.94. The second kappa shape index (κ2) is 7.80. The zero-order valence-electron chi connectivity index (χ0n) is 15.1. The minimum atomic E-state index is -1.12. The van der Waals surface area contributed by atoms with Gasteiger partial charge in [-0.25, -0.2) is 4.79 Å². The number of carboxylic acids is 1. The molecule has 0 spiro atoms. The van der Waals surface area contributed by atoms with Crippen LogP contribution in [0.2, 0.25) is 0 Å². The second-order valence-corrected chi connectivity index (χ2v) is 6.26. The Morgan fingerprint density at radius 2 is 1.29 bits per heavy atom. The molecule has 0 saturated carbocycles. The Kier molecular flexibility index (Phi) is 5.27. The van der Waals surface area contributed by atoms with E-state index in [0.717, 1.165) is 21.5 Å². The zero-order valence-corrected chi connectivity index (χ0v) is 15.1. The lowest BCUT2D eigenvalue weighted by Crippen LogP contribution is -1.96. The number of aromatic hydroxyl groups is 2. The third kappa shape index (κ3) is 3.78. The van der Waals surface area contributed by atoms with Gasteiger partial charge in [-0.3, -0.25) is 4.79 Å². The fraction of sp³-hybridized carbons (Fsp3) is 0.0435. The van der Waals surface area contributed by atoms with Crippen molar-refractivity contribution in [3.8, 4) is 11.5 Å². The molecule has 3 N–H and O–H groups in total. The van der Waals surface area contributed by atoms with Crippen LogP contribution in [0.15, 0.2) is 72.8 Å². The molecule has 0 aliphatic carbocycles. The third-order valence-electron chi connectivity index (χ3n) is 4.37. The van der Waals surface area contributed by atoms with Gasteiger partial charge in [0.2, 0.25) is 0 Å². The Labute approximate surface area is 161 Å². The van der Waals surface area contributed by atoms with Crippen molar-refractivity contribution in [2.75, 3.05) is 0 Å². The molecule has 0 amide bonds. The molecule has 0 fully saturated rings. The number of carbonyl (C=O) groups is 2. The molecule has 0 heterocycles. The first-order chi connectivity index (χ1) is 13.4. The van der Waals surface area contributed by atoms with Gasteiger partial charge in [-0.15, -0.1) is 0 Å². The number of phenols is 2. The molecule has 0 aliphatic heterocycles. The van der Waals surface area contributed by atoms with Crippen LogP contribution in [0.3, 0.4) is 0 Å². The van der Waals surface area contributed by atoms with Gasteiger partial charge >= 0.3 is 5.97 Å². The molecule has 4 rings (SSSR count). The molecule has 4 aromatic carbocycles. The van der Waals surface area contributed by atoms with Crippen molar-refractivity contribution in [1.82, 2.24) is 0 Å². The van der Waals surface area contributed by atoms with Gasteiger partial charge in [0, 0.05) is 5.39 Å². The van der Waals surface area contributed by atoms with Gasteiger partial charge in [-0.2, -0.15) is 0 Å². The van der Waals surface area contributed by atoms with Gasteiger partial charge in [0.1, 0.15) is 17.1 Å². The van der Waals surface area contributed by atoms with Crippen molar-refractivity contribution in [2.24, 2.45) is 0 Å². The van der Waals surface area contributed by atoms with Gasteiger partial charge in [0.15, 0.2) is 5.78 Å². The number of ketones is 1. The summed E-state index contributed by atoms with van der Waals surface area (Å²) in [6.07, 6.45) is 0. The maximum absolute atomic E-state index is 11.1. The highest BCUT2D eigenvalue weighted by Gasteiger charge is 2.10. The predicted octanol–water partition coefficient (Wildman–Crippen LogP) is 4.99. The zero-order chi connectivity index (χ0) is 20.3. The maximum Gasteiger partial charge on any atom is 0.339 e. The van der Waals surface area contributed by atoms with E-state index >= 15 is 0 Å². The molecule has 28 heavy (non-hydrogen) atoms. The van der Waals surface area contributed by atoms with Crippen LogP contribution in [-0.2, 0) is 0 Å². The topological polar surface area (TPSA) is 94.8 Å². The Bertz CT molecular complexity index is 1180. The first-order valence-electron chi connectivity index (χ1n) is 8.55. The third-order valence-corrected chi connectivity index (χ3v) is 4.37. The van der Waals surface area contributed by atoms with Gasteiger partial charge in [0.25, 0.3) is 0 Å². The normalized spacial score (nSPS) is 10.3. The lowest BCUT2D eigenvalue weighted by Gasteiger charge is -2.04. The van der Waals surface area contributed by atoms with E-state index < -0.39 is 5.97 Å². The molecule has 140 valence electrons. The molecule has 0 aromatic heterocycles. The Morgan fingerprint density at radius 3 is 1.89 bits per heavy atom. The average Bonchev–Trinajstić information content (AvgIpc) is 2.68. The summed E-state index contributed by atoms with van der Waals surface area (Å²) in [5.41, 5.74) is 0.312. The largest absolute Gasteiger partial charge is 0.507 e. The lowest BCUT2D eigenvalue weighted by molar-refractivity contribution is 0.0693. The van der Waals surface area contributed by atoms with Crippen LogP contribution in [-0.4, -0.2) is 27.1 Å².